The summed E-state index contributed by atoms with van der Waals surface area (Å²) in [6.07, 6.45) is 1.62. The van der Waals surface area contributed by atoms with Crippen molar-refractivity contribution in [3.63, 3.8) is 0 Å². The van der Waals surface area contributed by atoms with Crippen LogP contribution < -0.4 is 0 Å². The lowest BCUT2D eigenvalue weighted by Crippen LogP contribution is -2.35. The van der Waals surface area contributed by atoms with Crippen LogP contribution in [0.1, 0.15) is 35.7 Å². The third kappa shape index (κ3) is 4.82. The summed E-state index contributed by atoms with van der Waals surface area (Å²) in [5.74, 6) is -1.41. The fourth-order valence-corrected chi connectivity index (χ4v) is 2.50. The van der Waals surface area contributed by atoms with Crippen LogP contribution in [0.15, 0.2) is 30.4 Å². The molecule has 0 saturated heterocycles. The summed E-state index contributed by atoms with van der Waals surface area (Å²) in [5.41, 5.74) is 0.113. The second kappa shape index (κ2) is 8.15. The van der Waals surface area contributed by atoms with E-state index in [0.717, 1.165) is 6.07 Å². The number of phenols is 2. The van der Waals surface area contributed by atoms with Gasteiger partial charge in [0, 0.05) is 12.5 Å². The molecule has 1 aromatic carbocycles. The van der Waals surface area contributed by atoms with Crippen molar-refractivity contribution in [2.45, 2.75) is 44.2 Å². The first-order valence-corrected chi connectivity index (χ1v) is 7.94. The maximum Gasteiger partial charge on any atom is 0.342 e. The van der Waals surface area contributed by atoms with E-state index in [1.54, 1.807) is 6.92 Å². The van der Waals surface area contributed by atoms with Crippen LogP contribution in [0.2, 0.25) is 0 Å². The molecule has 1 aromatic rings. The molecular weight excluding hydrogens is 328 g/mol. The molecule has 0 aliphatic carbocycles. The molecule has 0 radical (unpaired) electrons. The van der Waals surface area contributed by atoms with Crippen LogP contribution in [0.3, 0.4) is 0 Å². The smallest absolute Gasteiger partial charge is 0.342 e. The van der Waals surface area contributed by atoms with E-state index in [-0.39, 0.29) is 29.7 Å². The van der Waals surface area contributed by atoms with Crippen LogP contribution in [0.25, 0.3) is 6.08 Å². The van der Waals surface area contributed by atoms with E-state index in [1.165, 1.54) is 30.4 Å². The quantitative estimate of drug-likeness (QED) is 0.350. The molecule has 5 N–H and O–H groups in total. The molecule has 25 heavy (non-hydrogen) atoms. The van der Waals surface area contributed by atoms with E-state index >= 15 is 0 Å². The Hall–Kier alpha value is -2.35. The first kappa shape index (κ1) is 19.0. The molecule has 3 unspecified atom stereocenters. The van der Waals surface area contributed by atoms with Crippen LogP contribution in [-0.2, 0) is 4.74 Å². The highest BCUT2D eigenvalue weighted by Gasteiger charge is 2.23. The molecule has 7 heteroatoms. The molecule has 7 nitrogen and oxygen atoms in total. The fourth-order valence-electron chi connectivity index (χ4n) is 2.50. The molecular formula is C18H22O7. The number of aromatic hydroxyl groups is 2. The Morgan fingerprint density at radius 2 is 1.80 bits per heavy atom. The third-order valence-corrected chi connectivity index (χ3v) is 3.87. The maximum absolute atomic E-state index is 12.3. The first-order chi connectivity index (χ1) is 11.8. The van der Waals surface area contributed by atoms with Crippen LogP contribution in [0.5, 0.6) is 11.5 Å². The van der Waals surface area contributed by atoms with Gasteiger partial charge in [-0.15, -0.1) is 0 Å². The summed E-state index contributed by atoms with van der Waals surface area (Å²) in [7, 11) is 0. The number of aliphatic hydroxyl groups excluding tert-OH is 3. The highest BCUT2D eigenvalue weighted by molar-refractivity contribution is 5.97. The highest BCUT2D eigenvalue weighted by Crippen LogP contribution is 2.29. The Labute approximate surface area is 145 Å². The maximum atomic E-state index is 12.3. The Kier molecular flexibility index (Phi) is 6.19. The van der Waals surface area contributed by atoms with Gasteiger partial charge in [0.1, 0.15) is 35.4 Å². The van der Waals surface area contributed by atoms with E-state index in [4.69, 9.17) is 4.74 Å². The van der Waals surface area contributed by atoms with Crippen molar-refractivity contribution < 1.29 is 35.1 Å². The number of cyclic esters (lactones) is 1. The molecule has 0 aromatic heterocycles. The van der Waals surface area contributed by atoms with Crippen LogP contribution in [0.4, 0.5) is 0 Å². The number of rotatable bonds is 0. The van der Waals surface area contributed by atoms with Gasteiger partial charge in [0.15, 0.2) is 0 Å². The SMILES string of the molecule is CC1C/C=C\C(O)[C@@H](O)C(O)C/C=C/c2cc(O)cc(O)c2C(=O)O1. The van der Waals surface area contributed by atoms with Gasteiger partial charge in [-0.25, -0.2) is 4.79 Å². The molecule has 2 rings (SSSR count). The molecule has 1 aliphatic rings. The number of ether oxygens (including phenoxy) is 1. The van der Waals surface area contributed by atoms with Gasteiger partial charge in [-0.2, -0.15) is 0 Å². The van der Waals surface area contributed by atoms with Crippen LogP contribution >= 0.6 is 0 Å². The van der Waals surface area contributed by atoms with Crippen molar-refractivity contribution in [3.05, 3.63) is 41.5 Å². The number of fused-ring (bicyclic) bond motifs is 1. The van der Waals surface area contributed by atoms with E-state index < -0.39 is 36.1 Å². The van der Waals surface area contributed by atoms with Gasteiger partial charge in [0.2, 0.25) is 0 Å². The standard InChI is InChI=1S/C18H22O7/c1-10-4-2-6-13(20)17(23)14(21)7-3-5-11-8-12(19)9-15(22)16(11)18(24)25-10/h2-3,5-6,8-10,13-14,17,19-23H,4,7H2,1H3/b5-3+,6-2-/t10?,13?,14?,17-/m1/s1. The summed E-state index contributed by atoms with van der Waals surface area (Å²) < 4.78 is 5.27. The fraction of sp³-hybridized carbons (Fsp3) is 0.389. The molecule has 4 atom stereocenters. The topological polar surface area (TPSA) is 127 Å². The second-order valence-corrected chi connectivity index (χ2v) is 6.00. The summed E-state index contributed by atoms with van der Waals surface area (Å²) in [6.45, 7) is 1.64. The molecule has 1 aliphatic heterocycles. The normalized spacial score (nSPS) is 30.6. The lowest BCUT2D eigenvalue weighted by Gasteiger charge is -2.20. The third-order valence-electron chi connectivity index (χ3n) is 3.87. The minimum Gasteiger partial charge on any atom is -0.508 e. The number of phenolic OH excluding ortho intramolecular Hbond substituents is 2. The predicted octanol–water partition coefficient (Wildman–Crippen LogP) is 1.09. The van der Waals surface area contributed by atoms with Crippen molar-refractivity contribution in [3.8, 4) is 11.5 Å². The predicted molar refractivity (Wildman–Crippen MR) is 90.1 cm³/mol. The minimum absolute atomic E-state index is 0.00657. The minimum atomic E-state index is -1.38. The summed E-state index contributed by atoms with van der Waals surface area (Å²) in [6, 6.07) is 2.32. The Bertz CT molecular complexity index is 680. The number of aliphatic hydroxyl groups is 3. The molecule has 0 amide bonds. The molecule has 0 bridgehead atoms. The van der Waals surface area contributed by atoms with E-state index in [1.807, 2.05) is 0 Å². The Morgan fingerprint density at radius 3 is 2.52 bits per heavy atom. The number of esters is 1. The van der Waals surface area contributed by atoms with Crippen molar-refractivity contribution >= 4 is 12.0 Å². The van der Waals surface area contributed by atoms with E-state index in [9.17, 15) is 30.3 Å². The van der Waals surface area contributed by atoms with Gasteiger partial charge in [-0.1, -0.05) is 24.3 Å². The average Bonchev–Trinajstić information content (AvgIpc) is 2.52. The van der Waals surface area contributed by atoms with Crippen LogP contribution in [-0.4, -0.2) is 55.9 Å². The Balaban J connectivity index is 2.41. The summed E-state index contributed by atoms with van der Waals surface area (Å²) in [4.78, 5) is 12.3. The molecule has 0 spiro atoms. The summed E-state index contributed by atoms with van der Waals surface area (Å²) in [5, 5.41) is 49.3. The molecule has 0 saturated carbocycles. The van der Waals surface area contributed by atoms with E-state index in [2.05, 4.69) is 0 Å². The van der Waals surface area contributed by atoms with Gasteiger partial charge in [0.25, 0.3) is 0 Å². The number of hydrogen-bond donors (Lipinski definition) is 5. The zero-order valence-corrected chi connectivity index (χ0v) is 13.7. The van der Waals surface area contributed by atoms with Crippen molar-refractivity contribution in [2.24, 2.45) is 0 Å². The van der Waals surface area contributed by atoms with Crippen molar-refractivity contribution in [1.29, 1.82) is 0 Å². The zero-order chi connectivity index (χ0) is 18.6. The van der Waals surface area contributed by atoms with Gasteiger partial charge in [-0.05, 0) is 25.0 Å². The molecule has 136 valence electrons. The lowest BCUT2D eigenvalue weighted by molar-refractivity contribution is -0.0394. The first-order valence-electron chi connectivity index (χ1n) is 7.94. The van der Waals surface area contributed by atoms with Crippen LogP contribution in [0, 0.1) is 0 Å². The number of hydrogen-bond acceptors (Lipinski definition) is 7. The molecule has 0 fully saturated rings. The Morgan fingerprint density at radius 1 is 1.08 bits per heavy atom. The monoisotopic (exact) mass is 350 g/mol. The van der Waals surface area contributed by atoms with E-state index in [0.29, 0.717) is 0 Å². The second-order valence-electron chi connectivity index (χ2n) is 6.00. The molecule has 1 heterocycles. The van der Waals surface area contributed by atoms with Gasteiger partial charge in [0.05, 0.1) is 6.10 Å². The zero-order valence-electron chi connectivity index (χ0n) is 13.7. The largest absolute Gasteiger partial charge is 0.508 e. The average molecular weight is 350 g/mol. The number of carbonyl (C=O) groups excluding carboxylic acids is 1. The number of benzene rings is 1. The van der Waals surface area contributed by atoms with Crippen molar-refractivity contribution in [1.82, 2.24) is 0 Å². The summed E-state index contributed by atoms with van der Waals surface area (Å²) >= 11 is 0. The van der Waals surface area contributed by atoms with Gasteiger partial charge >= 0.3 is 5.97 Å². The van der Waals surface area contributed by atoms with Gasteiger partial charge < -0.3 is 30.3 Å². The highest BCUT2D eigenvalue weighted by atomic mass is 16.5. The number of carbonyl (C=O) groups is 1. The van der Waals surface area contributed by atoms with Crippen molar-refractivity contribution in [2.75, 3.05) is 0 Å². The lowest BCUT2D eigenvalue weighted by atomic mass is 10.0. The van der Waals surface area contributed by atoms with Gasteiger partial charge in [-0.3, -0.25) is 0 Å².